The fourth-order valence-corrected chi connectivity index (χ4v) is 1.43. The van der Waals surface area contributed by atoms with E-state index in [1.807, 2.05) is 0 Å². The first kappa shape index (κ1) is 19.1. The van der Waals surface area contributed by atoms with Crippen molar-refractivity contribution in [3.05, 3.63) is 0 Å². The van der Waals surface area contributed by atoms with Gasteiger partial charge in [0.2, 0.25) is 5.91 Å². The van der Waals surface area contributed by atoms with Crippen LogP contribution in [-0.4, -0.2) is 57.9 Å². The molecule has 11 nitrogen and oxygen atoms in total. The molecule has 0 spiro atoms. The number of carbonyl (C=O) groups excluding carboxylic acids is 1. The molecule has 1 amide bonds. The van der Waals surface area contributed by atoms with Gasteiger partial charge in [-0.2, -0.15) is 0 Å². The number of nitrogens with one attached hydrogen (secondary N) is 3. The second-order valence-corrected chi connectivity index (χ2v) is 4.13. The third-order valence-electron chi connectivity index (χ3n) is 2.37. The average molecular weight is 307 g/mol. The number of carbonyl (C=O) groups is 2. The molecule has 1 unspecified atom stereocenters. The Morgan fingerprint density at radius 3 is 2.52 bits per heavy atom. The fraction of sp³-hybridized carbons (Fsp3) is 0.700. The first-order valence-corrected chi connectivity index (χ1v) is 6.23. The first-order valence-electron chi connectivity index (χ1n) is 6.23. The number of hydrogen-bond acceptors (Lipinski definition) is 7. The van der Waals surface area contributed by atoms with Gasteiger partial charge in [0.25, 0.3) is 0 Å². The van der Waals surface area contributed by atoms with E-state index < -0.39 is 23.3 Å². The minimum absolute atomic E-state index is 0.0106. The zero-order valence-electron chi connectivity index (χ0n) is 11.4. The summed E-state index contributed by atoms with van der Waals surface area (Å²) in [6.07, 6.45) is 0.799. The largest absolute Gasteiger partial charge is 0.480 e. The Morgan fingerprint density at radius 1 is 1.33 bits per heavy atom. The Balaban J connectivity index is 3.93. The molecule has 0 aromatic rings. The molecule has 0 fully saturated rings. The zero-order chi connectivity index (χ0) is 16.3. The van der Waals surface area contributed by atoms with Crippen molar-refractivity contribution < 1.29 is 29.9 Å². The molecule has 8 N–H and O–H groups in total. The lowest BCUT2D eigenvalue weighted by atomic mass is 10.1. The Morgan fingerprint density at radius 2 is 2.00 bits per heavy atom. The topological polar surface area (TPSA) is 181 Å². The third kappa shape index (κ3) is 11.6. The predicted molar refractivity (Wildman–Crippen MR) is 69.3 cm³/mol. The molecule has 122 valence electrons. The van der Waals surface area contributed by atoms with Gasteiger partial charge in [-0.1, -0.05) is 0 Å². The summed E-state index contributed by atoms with van der Waals surface area (Å²) in [5.74, 6) is -1.83. The van der Waals surface area contributed by atoms with Crippen molar-refractivity contribution in [1.82, 2.24) is 16.0 Å². The number of nitrogens with zero attached hydrogens (tertiary/aromatic N) is 1. The van der Waals surface area contributed by atoms with Crippen LogP contribution in [0.25, 0.3) is 0 Å². The highest BCUT2D eigenvalue weighted by Crippen LogP contribution is 1.99. The van der Waals surface area contributed by atoms with Crippen molar-refractivity contribution in [2.45, 2.75) is 31.7 Å². The summed E-state index contributed by atoms with van der Waals surface area (Å²) in [7, 11) is 0. The van der Waals surface area contributed by atoms with Gasteiger partial charge < -0.3 is 21.5 Å². The number of guanidine groups is 1. The summed E-state index contributed by atoms with van der Waals surface area (Å²) in [6.45, 7) is 0.242. The van der Waals surface area contributed by atoms with Gasteiger partial charge in [-0.15, -0.1) is 0 Å². The molecule has 11 heteroatoms. The molecule has 0 saturated carbocycles. The molecule has 0 heterocycles. The average Bonchev–Trinajstić information content (AvgIpc) is 2.37. The van der Waals surface area contributed by atoms with E-state index in [2.05, 4.69) is 15.5 Å². The number of carboxylic acids is 1. The van der Waals surface area contributed by atoms with Crippen LogP contribution in [0, 0.1) is 5.41 Å². The molecule has 0 aliphatic heterocycles. The van der Waals surface area contributed by atoms with Crippen molar-refractivity contribution in [3.63, 3.8) is 0 Å². The highest BCUT2D eigenvalue weighted by atomic mass is 17.1. The standard InChI is InChI=1S/C10H21N5O6/c11-10(12)13-5-1-3-7(9(17)18)14-8(16)4-2-6-21-15(19)20/h7,19-20H,1-6H2,(H,14,16)(H,17,18)(H4,11,12,13). The van der Waals surface area contributed by atoms with E-state index >= 15 is 0 Å². The molecular formula is C10H21N5O6. The van der Waals surface area contributed by atoms with E-state index in [1.165, 1.54) is 0 Å². The minimum Gasteiger partial charge on any atom is -0.480 e. The molecule has 1 atom stereocenters. The maximum Gasteiger partial charge on any atom is 0.326 e. The summed E-state index contributed by atoms with van der Waals surface area (Å²) < 4.78 is 0. The molecule has 0 rings (SSSR count). The van der Waals surface area contributed by atoms with Crippen molar-refractivity contribution in [1.29, 1.82) is 5.41 Å². The fourth-order valence-electron chi connectivity index (χ4n) is 1.43. The van der Waals surface area contributed by atoms with Crippen LogP contribution in [-0.2, 0) is 14.4 Å². The maximum atomic E-state index is 11.5. The Kier molecular flexibility index (Phi) is 9.79. The van der Waals surface area contributed by atoms with Gasteiger partial charge in [0, 0.05) is 13.0 Å². The van der Waals surface area contributed by atoms with Gasteiger partial charge in [-0.05, 0) is 19.3 Å². The normalized spacial score (nSPS) is 12.0. The number of carboxylic acid groups (broad SMARTS) is 1. The summed E-state index contributed by atoms with van der Waals surface area (Å²) in [4.78, 5) is 26.7. The lowest BCUT2D eigenvalue weighted by Gasteiger charge is -2.14. The smallest absolute Gasteiger partial charge is 0.326 e. The summed E-state index contributed by atoms with van der Waals surface area (Å²) >= 11 is 0. The van der Waals surface area contributed by atoms with Crippen LogP contribution < -0.4 is 16.4 Å². The summed E-state index contributed by atoms with van der Waals surface area (Å²) in [5, 5.41) is 36.8. The van der Waals surface area contributed by atoms with Crippen molar-refractivity contribution >= 4 is 17.8 Å². The van der Waals surface area contributed by atoms with Gasteiger partial charge in [-0.25, -0.2) is 4.79 Å². The summed E-state index contributed by atoms with van der Waals surface area (Å²) in [6, 6.07) is -1.03. The lowest BCUT2D eigenvalue weighted by molar-refractivity contribution is -0.492. The van der Waals surface area contributed by atoms with Gasteiger partial charge >= 0.3 is 5.97 Å². The molecule has 0 saturated heterocycles. The SMILES string of the molecule is N=C(N)NCCCC(NC(=O)CCCON(O)O)C(=O)O. The second kappa shape index (κ2) is 10.8. The summed E-state index contributed by atoms with van der Waals surface area (Å²) in [5.41, 5.74) is 5.07. The molecule has 0 radical (unpaired) electrons. The Labute approximate surface area is 121 Å². The van der Waals surface area contributed by atoms with Gasteiger partial charge in [0.05, 0.1) is 12.0 Å². The highest BCUT2D eigenvalue weighted by molar-refractivity contribution is 5.83. The van der Waals surface area contributed by atoms with Crippen molar-refractivity contribution in [3.8, 4) is 0 Å². The van der Waals surface area contributed by atoms with Gasteiger partial charge in [-0.3, -0.25) is 25.5 Å². The zero-order valence-corrected chi connectivity index (χ0v) is 11.4. The van der Waals surface area contributed by atoms with Crippen LogP contribution >= 0.6 is 0 Å². The number of hydrogen-bond donors (Lipinski definition) is 7. The quantitative estimate of drug-likeness (QED) is 0.105. The molecular weight excluding hydrogens is 286 g/mol. The van der Waals surface area contributed by atoms with Crippen molar-refractivity contribution in [2.75, 3.05) is 13.2 Å². The monoisotopic (exact) mass is 307 g/mol. The number of aliphatic carboxylic acids is 1. The van der Waals surface area contributed by atoms with E-state index in [9.17, 15) is 9.59 Å². The van der Waals surface area contributed by atoms with Gasteiger partial charge in [0.15, 0.2) is 5.96 Å². The Bertz CT molecular complexity index is 351. The van der Waals surface area contributed by atoms with Crippen LogP contribution in [0.2, 0.25) is 0 Å². The van der Waals surface area contributed by atoms with E-state index in [-0.39, 0.29) is 31.8 Å². The van der Waals surface area contributed by atoms with Crippen LogP contribution in [0.5, 0.6) is 0 Å². The van der Waals surface area contributed by atoms with E-state index in [0.717, 1.165) is 0 Å². The Hall–Kier alpha value is -1.95. The van der Waals surface area contributed by atoms with E-state index in [1.54, 1.807) is 0 Å². The lowest BCUT2D eigenvalue weighted by Crippen LogP contribution is -2.41. The maximum absolute atomic E-state index is 11.5. The van der Waals surface area contributed by atoms with Crippen LogP contribution in [0.3, 0.4) is 0 Å². The first-order chi connectivity index (χ1) is 9.82. The van der Waals surface area contributed by atoms with E-state index in [0.29, 0.717) is 13.0 Å². The molecule has 0 aromatic heterocycles. The highest BCUT2D eigenvalue weighted by Gasteiger charge is 2.19. The molecule has 0 bridgehead atoms. The van der Waals surface area contributed by atoms with Crippen LogP contribution in [0.4, 0.5) is 0 Å². The number of amides is 1. The second-order valence-electron chi connectivity index (χ2n) is 4.13. The van der Waals surface area contributed by atoms with Gasteiger partial charge in [0.1, 0.15) is 6.04 Å². The molecule has 0 aliphatic rings. The predicted octanol–water partition coefficient (Wildman–Crippen LogP) is -1.39. The minimum atomic E-state index is -1.15. The third-order valence-corrected chi connectivity index (χ3v) is 2.37. The molecule has 0 aromatic carbocycles. The number of rotatable bonds is 11. The molecule has 0 aliphatic carbocycles. The van der Waals surface area contributed by atoms with Crippen LogP contribution in [0.15, 0.2) is 0 Å². The van der Waals surface area contributed by atoms with Crippen molar-refractivity contribution in [2.24, 2.45) is 5.73 Å². The molecule has 21 heavy (non-hydrogen) atoms. The van der Waals surface area contributed by atoms with E-state index in [4.69, 9.17) is 26.7 Å². The van der Waals surface area contributed by atoms with Crippen LogP contribution in [0.1, 0.15) is 25.7 Å². The number of nitrogens with two attached hydrogens (primary N) is 1.